The molecule has 2 heterocycles. The van der Waals surface area contributed by atoms with Crippen molar-refractivity contribution in [3.05, 3.63) is 78.0 Å². The molecule has 0 bridgehead atoms. The van der Waals surface area contributed by atoms with Crippen LogP contribution in [0, 0.1) is 11.8 Å². The maximum Gasteiger partial charge on any atom is 0.316 e. The van der Waals surface area contributed by atoms with Gasteiger partial charge in [0.05, 0.1) is 18.5 Å². The van der Waals surface area contributed by atoms with E-state index in [1.807, 2.05) is 48.5 Å². The van der Waals surface area contributed by atoms with Crippen LogP contribution < -0.4 is 4.90 Å². The van der Waals surface area contributed by atoms with E-state index in [0.717, 1.165) is 80.7 Å². The number of likely N-dealkylation sites (tertiary alicyclic amines) is 1. The highest BCUT2D eigenvalue weighted by molar-refractivity contribution is 5.84. The third kappa shape index (κ3) is 3.96. The van der Waals surface area contributed by atoms with Crippen molar-refractivity contribution in [3.63, 3.8) is 0 Å². The normalized spacial score (nSPS) is 27.5. The molecule has 5 heteroatoms. The predicted molar refractivity (Wildman–Crippen MR) is 129 cm³/mol. The average Bonchev–Trinajstić information content (AvgIpc) is 3.55. The molecule has 34 heavy (non-hydrogen) atoms. The van der Waals surface area contributed by atoms with Crippen LogP contribution in [0.2, 0.25) is 0 Å². The summed E-state index contributed by atoms with van der Waals surface area (Å²) in [6.45, 7) is 3.10. The number of nitrogens with one attached hydrogen (secondary N) is 1. The molecule has 0 amide bonds. The van der Waals surface area contributed by atoms with Gasteiger partial charge in [0.25, 0.3) is 0 Å². The number of ether oxygens (including phenoxy) is 1. The Morgan fingerprint density at radius 3 is 2.53 bits per heavy atom. The number of hydrogen-bond donors (Lipinski definition) is 1. The standard InChI is InChI=1S/C29H32N2O3/c32-28(29(14-7-8-15-29)23-11-5-2-6-12-23)33-27-17-22-19-31(16-13-25(22)27)20-24-18-26(34-30-24)21-9-3-1-4-10-21/h1-6,9-12,18,22,25,27H,7-8,13-17,19-20H2/p+1/t22?,25?,27-/m0/s1. The first-order valence-electron chi connectivity index (χ1n) is 12.8. The zero-order chi connectivity index (χ0) is 23.0. The number of carbonyl (C=O) groups excluding carboxylic acids is 1. The number of benzene rings is 2. The van der Waals surface area contributed by atoms with Crippen LogP contribution in [0.5, 0.6) is 0 Å². The van der Waals surface area contributed by atoms with Crippen LogP contribution in [0.25, 0.3) is 11.3 Å². The minimum atomic E-state index is -0.429. The van der Waals surface area contributed by atoms with Crippen molar-refractivity contribution in [1.29, 1.82) is 0 Å². The first-order chi connectivity index (χ1) is 16.7. The summed E-state index contributed by atoms with van der Waals surface area (Å²) in [4.78, 5) is 15.0. The lowest BCUT2D eigenvalue weighted by Gasteiger charge is -2.48. The minimum Gasteiger partial charge on any atom is -0.461 e. The molecule has 3 unspecified atom stereocenters. The smallest absolute Gasteiger partial charge is 0.316 e. The van der Waals surface area contributed by atoms with Gasteiger partial charge in [0.2, 0.25) is 0 Å². The number of carbonyl (C=O) groups is 1. The van der Waals surface area contributed by atoms with Gasteiger partial charge < -0.3 is 14.2 Å². The molecule has 1 saturated heterocycles. The van der Waals surface area contributed by atoms with Crippen LogP contribution in [0.1, 0.15) is 49.8 Å². The average molecular weight is 458 g/mol. The van der Waals surface area contributed by atoms with Gasteiger partial charge in [-0.3, -0.25) is 4.79 Å². The number of nitrogens with zero attached hydrogens (tertiary/aromatic N) is 1. The molecule has 5 nitrogen and oxygen atoms in total. The van der Waals surface area contributed by atoms with Gasteiger partial charge in [0.1, 0.15) is 18.3 Å². The van der Waals surface area contributed by atoms with Gasteiger partial charge in [-0.2, -0.15) is 0 Å². The van der Waals surface area contributed by atoms with Crippen LogP contribution in [-0.2, 0) is 21.5 Å². The Balaban J connectivity index is 1.05. The zero-order valence-corrected chi connectivity index (χ0v) is 19.6. The van der Waals surface area contributed by atoms with E-state index in [2.05, 4.69) is 23.4 Å². The van der Waals surface area contributed by atoms with Crippen molar-refractivity contribution in [1.82, 2.24) is 5.16 Å². The molecule has 1 aromatic heterocycles. The second kappa shape index (κ2) is 9.03. The van der Waals surface area contributed by atoms with Crippen molar-refractivity contribution < 1.29 is 19.0 Å². The van der Waals surface area contributed by atoms with E-state index in [1.54, 1.807) is 4.90 Å². The summed E-state index contributed by atoms with van der Waals surface area (Å²) >= 11 is 0. The molecule has 4 atom stereocenters. The first-order valence-corrected chi connectivity index (χ1v) is 12.8. The van der Waals surface area contributed by atoms with Crippen LogP contribution >= 0.6 is 0 Å². The number of esters is 1. The number of aromatic nitrogens is 1. The van der Waals surface area contributed by atoms with Gasteiger partial charge in [0.15, 0.2) is 5.76 Å². The summed E-state index contributed by atoms with van der Waals surface area (Å²) in [5.74, 6) is 2.00. The lowest BCUT2D eigenvalue weighted by Crippen LogP contribution is -3.13. The number of hydrogen-bond acceptors (Lipinski definition) is 4. The van der Waals surface area contributed by atoms with Gasteiger partial charge in [-0.25, -0.2) is 0 Å². The SMILES string of the molecule is O=C(O[C@H]1CC2C[NH+](Cc3cc(-c4ccccc4)on3)CCC21)C1(c2ccccc2)CCCC1. The monoisotopic (exact) mass is 457 g/mol. The van der Waals surface area contributed by atoms with E-state index >= 15 is 0 Å². The van der Waals surface area contributed by atoms with Gasteiger partial charge in [-0.05, 0) is 24.8 Å². The maximum atomic E-state index is 13.4. The molecule has 176 valence electrons. The molecule has 3 aliphatic rings. The van der Waals surface area contributed by atoms with Gasteiger partial charge in [-0.1, -0.05) is 78.7 Å². The molecule has 3 fully saturated rings. The summed E-state index contributed by atoms with van der Waals surface area (Å²) < 4.78 is 11.8. The molecule has 0 radical (unpaired) electrons. The summed E-state index contributed by atoms with van der Waals surface area (Å²) in [6, 6.07) is 22.5. The van der Waals surface area contributed by atoms with Crippen molar-refractivity contribution in [3.8, 4) is 11.3 Å². The van der Waals surface area contributed by atoms with Gasteiger partial charge >= 0.3 is 5.97 Å². The lowest BCUT2D eigenvalue weighted by atomic mass is 9.66. The topological polar surface area (TPSA) is 56.8 Å². The predicted octanol–water partition coefficient (Wildman–Crippen LogP) is 4.19. The molecule has 2 aromatic carbocycles. The van der Waals surface area contributed by atoms with Crippen molar-refractivity contribution >= 4 is 5.97 Å². The second-order valence-corrected chi connectivity index (χ2v) is 10.5. The van der Waals surface area contributed by atoms with E-state index in [1.165, 1.54) is 0 Å². The highest BCUT2D eigenvalue weighted by Gasteiger charge is 2.51. The van der Waals surface area contributed by atoms with Crippen molar-refractivity contribution in [2.45, 2.75) is 56.6 Å². The van der Waals surface area contributed by atoms with Crippen molar-refractivity contribution in [2.75, 3.05) is 13.1 Å². The molecule has 2 saturated carbocycles. The van der Waals surface area contributed by atoms with Crippen LogP contribution in [-0.4, -0.2) is 30.3 Å². The highest BCUT2D eigenvalue weighted by Crippen LogP contribution is 2.45. The maximum absolute atomic E-state index is 13.4. The molecule has 2 aliphatic carbocycles. The van der Waals surface area contributed by atoms with E-state index < -0.39 is 5.41 Å². The molecule has 0 spiro atoms. The van der Waals surface area contributed by atoms with Crippen LogP contribution in [0.15, 0.2) is 71.3 Å². The van der Waals surface area contributed by atoms with Gasteiger partial charge in [0, 0.05) is 29.9 Å². The molecule has 6 rings (SSSR count). The zero-order valence-electron chi connectivity index (χ0n) is 19.6. The Bertz CT molecular complexity index is 1120. The Hall–Kier alpha value is -2.92. The number of fused-ring (bicyclic) bond motifs is 1. The Morgan fingerprint density at radius 2 is 1.79 bits per heavy atom. The summed E-state index contributed by atoms with van der Waals surface area (Å²) in [6.07, 6.45) is 6.24. The van der Waals surface area contributed by atoms with Crippen LogP contribution in [0.3, 0.4) is 0 Å². The summed E-state index contributed by atoms with van der Waals surface area (Å²) in [5, 5.41) is 4.32. The molecule has 3 aromatic rings. The largest absolute Gasteiger partial charge is 0.461 e. The number of piperidine rings is 1. The minimum absolute atomic E-state index is 0.0189. The van der Waals surface area contributed by atoms with E-state index in [0.29, 0.717) is 11.8 Å². The van der Waals surface area contributed by atoms with E-state index in [-0.39, 0.29) is 12.1 Å². The van der Waals surface area contributed by atoms with Crippen LogP contribution in [0.4, 0.5) is 0 Å². The Kier molecular flexibility index (Phi) is 5.74. The first kappa shape index (κ1) is 21.6. The summed E-state index contributed by atoms with van der Waals surface area (Å²) in [5.41, 5.74) is 2.78. The fraction of sp³-hybridized carbons (Fsp3) is 0.448. The molecule has 1 aliphatic heterocycles. The highest BCUT2D eigenvalue weighted by atomic mass is 16.5. The molecular formula is C29H33N2O3+. The fourth-order valence-electron chi connectivity index (χ4n) is 6.54. The quantitative estimate of drug-likeness (QED) is 0.564. The third-order valence-corrected chi connectivity index (χ3v) is 8.48. The second-order valence-electron chi connectivity index (χ2n) is 10.5. The van der Waals surface area contributed by atoms with E-state index in [4.69, 9.17) is 9.26 Å². The van der Waals surface area contributed by atoms with Crippen molar-refractivity contribution in [2.24, 2.45) is 11.8 Å². The van der Waals surface area contributed by atoms with E-state index in [9.17, 15) is 4.79 Å². The van der Waals surface area contributed by atoms with Gasteiger partial charge in [-0.15, -0.1) is 0 Å². The third-order valence-electron chi connectivity index (χ3n) is 8.48. The Labute approximate surface area is 201 Å². The summed E-state index contributed by atoms with van der Waals surface area (Å²) in [7, 11) is 0. The number of quaternary nitrogens is 1. The lowest BCUT2D eigenvalue weighted by molar-refractivity contribution is -0.926. The fourth-order valence-corrected chi connectivity index (χ4v) is 6.54. The Morgan fingerprint density at radius 1 is 1.06 bits per heavy atom. The number of rotatable bonds is 6. The molecular weight excluding hydrogens is 424 g/mol. The molecule has 1 N–H and O–H groups in total.